The first kappa shape index (κ1) is 24.2. The van der Waals surface area contributed by atoms with E-state index in [9.17, 15) is 0 Å². The predicted octanol–water partition coefficient (Wildman–Crippen LogP) is 2.38. The number of nitrogens with one attached hydrogen (secondary N) is 2. The summed E-state index contributed by atoms with van der Waals surface area (Å²) in [5, 5.41) is 7.08. The van der Waals surface area contributed by atoms with Crippen LogP contribution in [0.3, 0.4) is 0 Å². The Bertz CT molecular complexity index is 620. The minimum atomic E-state index is 0. The van der Waals surface area contributed by atoms with E-state index in [1.807, 2.05) is 0 Å². The van der Waals surface area contributed by atoms with Crippen molar-refractivity contribution in [2.24, 2.45) is 4.99 Å². The van der Waals surface area contributed by atoms with E-state index in [-0.39, 0.29) is 24.0 Å². The molecule has 2 aliphatic rings. The number of benzene rings is 1. The topological polar surface area (TPSA) is 46.1 Å². The monoisotopic (exact) mass is 514 g/mol. The van der Waals surface area contributed by atoms with Crippen molar-refractivity contribution >= 4 is 35.6 Å². The number of aliphatic imine (C=N–C) groups is 1. The first-order valence-corrected chi connectivity index (χ1v) is 10.9. The van der Waals surface area contributed by atoms with Gasteiger partial charge in [-0.05, 0) is 59.0 Å². The van der Waals surface area contributed by atoms with Crippen molar-refractivity contribution in [1.82, 2.24) is 20.4 Å². The fraction of sp³-hybridized carbons (Fsp3) is 0.682. The van der Waals surface area contributed by atoms with Gasteiger partial charge in [0.15, 0.2) is 5.96 Å². The highest BCUT2D eigenvalue weighted by Crippen LogP contribution is 2.20. The second-order valence-corrected chi connectivity index (χ2v) is 8.17. The summed E-state index contributed by atoms with van der Waals surface area (Å²) in [5.41, 5.74) is 2.64. The molecule has 0 radical (unpaired) electrons. The largest absolute Gasteiger partial charge is 0.369 e. The van der Waals surface area contributed by atoms with Crippen LogP contribution in [0.1, 0.15) is 25.3 Å². The Morgan fingerprint density at radius 2 is 1.90 bits per heavy atom. The molecule has 3 rings (SSSR count). The SMILES string of the molecule is CCNC(=NCCN1CCCN(C)CC1)NC1CCN(c2ccc(C)cc2)C1.I. The molecule has 29 heavy (non-hydrogen) atoms. The Kier molecular flexibility index (Phi) is 10.5. The highest BCUT2D eigenvalue weighted by atomic mass is 127. The van der Waals surface area contributed by atoms with E-state index in [2.05, 4.69) is 70.5 Å². The number of aryl methyl sites for hydroxylation is 1. The molecule has 0 spiro atoms. The molecule has 0 amide bonds. The van der Waals surface area contributed by atoms with Crippen LogP contribution in [0.25, 0.3) is 0 Å². The fourth-order valence-electron chi connectivity index (χ4n) is 4.01. The molecule has 2 aliphatic heterocycles. The number of nitrogens with zero attached hydrogens (tertiary/aromatic N) is 4. The predicted molar refractivity (Wildman–Crippen MR) is 135 cm³/mol. The molecule has 1 atom stereocenters. The van der Waals surface area contributed by atoms with Crippen molar-refractivity contribution in [2.45, 2.75) is 32.7 Å². The van der Waals surface area contributed by atoms with Crippen LogP contribution in [0.2, 0.25) is 0 Å². The zero-order chi connectivity index (χ0) is 19.8. The third-order valence-electron chi connectivity index (χ3n) is 5.77. The van der Waals surface area contributed by atoms with Crippen LogP contribution in [-0.4, -0.2) is 87.8 Å². The molecular formula is C22H39IN6. The normalized spacial score (nSPS) is 21.6. The average molecular weight is 515 g/mol. The van der Waals surface area contributed by atoms with Crippen LogP contribution < -0.4 is 15.5 Å². The van der Waals surface area contributed by atoms with Crippen molar-refractivity contribution in [2.75, 3.05) is 70.9 Å². The number of hydrogen-bond acceptors (Lipinski definition) is 4. The van der Waals surface area contributed by atoms with Gasteiger partial charge < -0.3 is 25.3 Å². The first-order chi connectivity index (χ1) is 13.6. The lowest BCUT2D eigenvalue weighted by Crippen LogP contribution is -2.45. The van der Waals surface area contributed by atoms with Crippen LogP contribution in [0, 0.1) is 6.92 Å². The number of anilines is 1. The van der Waals surface area contributed by atoms with Crippen LogP contribution in [0.5, 0.6) is 0 Å². The molecular weight excluding hydrogens is 475 g/mol. The molecule has 1 aromatic carbocycles. The van der Waals surface area contributed by atoms with Gasteiger partial charge in [-0.2, -0.15) is 0 Å². The Morgan fingerprint density at radius 3 is 2.66 bits per heavy atom. The van der Waals surface area contributed by atoms with Gasteiger partial charge in [0.05, 0.1) is 6.54 Å². The summed E-state index contributed by atoms with van der Waals surface area (Å²) < 4.78 is 0. The second-order valence-electron chi connectivity index (χ2n) is 8.17. The third-order valence-corrected chi connectivity index (χ3v) is 5.77. The highest BCUT2D eigenvalue weighted by Gasteiger charge is 2.23. The summed E-state index contributed by atoms with van der Waals surface area (Å²) in [5.74, 6) is 0.963. The van der Waals surface area contributed by atoms with E-state index >= 15 is 0 Å². The Hall–Kier alpha value is -1.06. The quantitative estimate of drug-likeness (QED) is 0.347. The smallest absolute Gasteiger partial charge is 0.191 e. The molecule has 2 saturated heterocycles. The Balaban J connectivity index is 0.00000300. The average Bonchev–Trinajstić information content (AvgIpc) is 3.04. The van der Waals surface area contributed by atoms with Crippen molar-refractivity contribution in [3.63, 3.8) is 0 Å². The molecule has 6 nitrogen and oxygen atoms in total. The lowest BCUT2D eigenvalue weighted by atomic mass is 10.2. The summed E-state index contributed by atoms with van der Waals surface area (Å²) in [4.78, 5) is 12.3. The number of guanidine groups is 1. The molecule has 0 aliphatic carbocycles. The van der Waals surface area contributed by atoms with Gasteiger partial charge in [0.25, 0.3) is 0 Å². The summed E-state index contributed by atoms with van der Waals surface area (Å²) in [6.07, 6.45) is 2.41. The van der Waals surface area contributed by atoms with Gasteiger partial charge in [0, 0.05) is 51.0 Å². The minimum absolute atomic E-state index is 0. The lowest BCUT2D eigenvalue weighted by molar-refractivity contribution is 0.283. The van der Waals surface area contributed by atoms with Gasteiger partial charge in [-0.15, -0.1) is 24.0 Å². The van der Waals surface area contributed by atoms with Crippen LogP contribution >= 0.6 is 24.0 Å². The first-order valence-electron chi connectivity index (χ1n) is 10.9. The summed E-state index contributed by atoms with van der Waals surface area (Å²) >= 11 is 0. The maximum Gasteiger partial charge on any atom is 0.191 e. The van der Waals surface area contributed by atoms with Gasteiger partial charge in [-0.3, -0.25) is 4.99 Å². The number of halogens is 1. The Morgan fingerprint density at radius 1 is 1.10 bits per heavy atom. The molecule has 2 fully saturated rings. The van der Waals surface area contributed by atoms with Crippen molar-refractivity contribution in [3.05, 3.63) is 29.8 Å². The molecule has 0 saturated carbocycles. The van der Waals surface area contributed by atoms with E-state index in [1.165, 1.54) is 37.3 Å². The molecule has 2 heterocycles. The molecule has 2 N–H and O–H groups in total. The summed E-state index contributed by atoms with van der Waals surface area (Å²) in [6, 6.07) is 9.31. The van der Waals surface area contributed by atoms with E-state index in [0.717, 1.165) is 51.6 Å². The van der Waals surface area contributed by atoms with Crippen LogP contribution in [-0.2, 0) is 0 Å². The maximum absolute atomic E-state index is 4.85. The number of hydrogen-bond donors (Lipinski definition) is 2. The van der Waals surface area contributed by atoms with Crippen LogP contribution in [0.15, 0.2) is 29.3 Å². The zero-order valence-corrected chi connectivity index (χ0v) is 20.7. The van der Waals surface area contributed by atoms with Gasteiger partial charge in [-0.25, -0.2) is 0 Å². The zero-order valence-electron chi connectivity index (χ0n) is 18.4. The molecule has 7 heteroatoms. The van der Waals surface area contributed by atoms with E-state index in [1.54, 1.807) is 0 Å². The molecule has 1 aromatic rings. The minimum Gasteiger partial charge on any atom is -0.369 e. The lowest BCUT2D eigenvalue weighted by Gasteiger charge is -2.21. The van der Waals surface area contributed by atoms with Crippen molar-refractivity contribution in [1.29, 1.82) is 0 Å². The van der Waals surface area contributed by atoms with Crippen molar-refractivity contribution in [3.8, 4) is 0 Å². The fourth-order valence-corrected chi connectivity index (χ4v) is 4.01. The standard InChI is InChI=1S/C22H38N6.HI/c1-4-23-22(24-11-15-27-13-5-12-26(3)16-17-27)25-20-10-14-28(18-20)21-8-6-19(2)7-9-21;/h6-9,20H,4-5,10-18H2,1-3H3,(H2,23,24,25);1H. The van der Waals surface area contributed by atoms with E-state index in [0.29, 0.717) is 6.04 Å². The van der Waals surface area contributed by atoms with Gasteiger partial charge in [-0.1, -0.05) is 17.7 Å². The molecule has 164 valence electrons. The van der Waals surface area contributed by atoms with E-state index < -0.39 is 0 Å². The molecule has 1 unspecified atom stereocenters. The number of rotatable bonds is 6. The molecule has 0 bridgehead atoms. The Labute approximate surface area is 194 Å². The summed E-state index contributed by atoms with van der Waals surface area (Å²) in [6.45, 7) is 13.9. The van der Waals surface area contributed by atoms with Crippen LogP contribution in [0.4, 0.5) is 5.69 Å². The van der Waals surface area contributed by atoms with Crippen molar-refractivity contribution < 1.29 is 0 Å². The second kappa shape index (κ2) is 12.6. The van der Waals surface area contributed by atoms with Gasteiger partial charge in [0.2, 0.25) is 0 Å². The van der Waals surface area contributed by atoms with Gasteiger partial charge >= 0.3 is 0 Å². The maximum atomic E-state index is 4.85. The van der Waals surface area contributed by atoms with Gasteiger partial charge in [0.1, 0.15) is 0 Å². The number of likely N-dealkylation sites (N-methyl/N-ethyl adjacent to an activating group) is 1. The third kappa shape index (κ3) is 7.94. The molecule has 0 aromatic heterocycles. The van der Waals surface area contributed by atoms with E-state index in [4.69, 9.17) is 4.99 Å². The summed E-state index contributed by atoms with van der Waals surface area (Å²) in [7, 11) is 2.22. The highest BCUT2D eigenvalue weighted by molar-refractivity contribution is 14.0.